The number of carboxylic acid groups (broad SMARTS) is 1. The lowest BCUT2D eigenvalue weighted by molar-refractivity contribution is -0.139. The monoisotopic (exact) mass is 276 g/mol. The topological polar surface area (TPSA) is 83.6 Å². The minimum Gasteiger partial charge on any atom is -0.493 e. The minimum atomic E-state index is -0.878. The van der Waals surface area contributed by atoms with Gasteiger partial charge in [0.25, 0.3) is 0 Å². The molecule has 3 rings (SSSR count). The number of nitrogens with one attached hydrogen (secondary N) is 2. The number of carbonyl (C=O) groups is 1. The van der Waals surface area contributed by atoms with Crippen molar-refractivity contribution in [3.8, 4) is 11.5 Å². The maximum atomic E-state index is 11.3. The molecule has 0 saturated heterocycles. The molecular formula is C14H16N2O4. The normalized spacial score (nSPS) is 17.8. The first-order valence-electron chi connectivity index (χ1n) is 6.38. The van der Waals surface area contributed by atoms with Gasteiger partial charge < -0.3 is 19.6 Å². The van der Waals surface area contributed by atoms with Gasteiger partial charge in [-0.15, -0.1) is 0 Å². The summed E-state index contributed by atoms with van der Waals surface area (Å²) in [5, 5.41) is 13.3. The predicted molar refractivity (Wildman–Crippen MR) is 73.5 cm³/mol. The van der Waals surface area contributed by atoms with Gasteiger partial charge in [-0.2, -0.15) is 0 Å². The van der Waals surface area contributed by atoms with Gasteiger partial charge in [-0.3, -0.25) is 10.1 Å². The van der Waals surface area contributed by atoms with Gasteiger partial charge in [-0.1, -0.05) is 0 Å². The van der Waals surface area contributed by atoms with Crippen LogP contribution in [0.2, 0.25) is 0 Å². The zero-order chi connectivity index (χ0) is 14.3. The number of aromatic nitrogens is 1. The average Bonchev–Trinajstić information content (AvgIpc) is 2.82. The molecule has 0 radical (unpaired) electrons. The van der Waals surface area contributed by atoms with Crippen LogP contribution in [-0.4, -0.2) is 36.8 Å². The van der Waals surface area contributed by atoms with Crippen LogP contribution in [-0.2, 0) is 11.2 Å². The Hall–Kier alpha value is -2.21. The number of carboxylic acids is 1. The largest absolute Gasteiger partial charge is 0.493 e. The molecular weight excluding hydrogens is 260 g/mol. The van der Waals surface area contributed by atoms with E-state index in [1.165, 1.54) is 0 Å². The third-order valence-corrected chi connectivity index (χ3v) is 3.70. The number of benzene rings is 1. The molecule has 0 bridgehead atoms. The van der Waals surface area contributed by atoms with Crippen LogP contribution in [0.15, 0.2) is 12.1 Å². The highest BCUT2D eigenvalue weighted by Gasteiger charge is 2.29. The number of ether oxygens (including phenoxy) is 2. The van der Waals surface area contributed by atoms with Crippen molar-refractivity contribution >= 4 is 16.9 Å². The summed E-state index contributed by atoms with van der Waals surface area (Å²) in [5.41, 5.74) is 2.61. The van der Waals surface area contributed by atoms with Crippen molar-refractivity contribution in [2.45, 2.75) is 12.5 Å². The van der Waals surface area contributed by atoms with Gasteiger partial charge >= 0.3 is 5.97 Å². The van der Waals surface area contributed by atoms with Crippen LogP contribution in [0.25, 0.3) is 10.9 Å². The van der Waals surface area contributed by atoms with E-state index in [0.29, 0.717) is 23.7 Å². The van der Waals surface area contributed by atoms with E-state index in [9.17, 15) is 9.90 Å². The number of rotatable bonds is 3. The molecule has 6 heteroatoms. The lowest BCUT2D eigenvalue weighted by Gasteiger charge is -2.20. The first-order valence-corrected chi connectivity index (χ1v) is 6.38. The second-order valence-electron chi connectivity index (χ2n) is 4.75. The van der Waals surface area contributed by atoms with Crippen molar-refractivity contribution in [2.75, 3.05) is 20.8 Å². The SMILES string of the molecule is COc1cc2[nH]c3c(c2cc1OC)CCNC3C(=O)O. The fourth-order valence-electron chi connectivity index (χ4n) is 2.77. The Morgan fingerprint density at radius 2 is 2.00 bits per heavy atom. The minimum absolute atomic E-state index is 0.624. The number of aromatic amines is 1. The Balaban J connectivity index is 2.23. The van der Waals surface area contributed by atoms with Crippen molar-refractivity contribution in [2.24, 2.45) is 0 Å². The number of H-pyrrole nitrogens is 1. The average molecular weight is 276 g/mol. The van der Waals surface area contributed by atoms with Crippen molar-refractivity contribution in [3.05, 3.63) is 23.4 Å². The maximum Gasteiger partial charge on any atom is 0.326 e. The van der Waals surface area contributed by atoms with Gasteiger partial charge in [-0.25, -0.2) is 0 Å². The fraction of sp³-hybridized carbons (Fsp3) is 0.357. The first-order chi connectivity index (χ1) is 9.65. The van der Waals surface area contributed by atoms with E-state index in [-0.39, 0.29) is 0 Å². The van der Waals surface area contributed by atoms with Crippen molar-refractivity contribution in [3.63, 3.8) is 0 Å². The molecule has 1 unspecified atom stereocenters. The Morgan fingerprint density at radius 3 is 2.65 bits per heavy atom. The Kier molecular flexibility index (Phi) is 3.02. The third-order valence-electron chi connectivity index (χ3n) is 3.70. The molecule has 1 aromatic heterocycles. The molecule has 1 aliphatic heterocycles. The van der Waals surface area contributed by atoms with E-state index in [1.807, 2.05) is 12.1 Å². The van der Waals surface area contributed by atoms with Crippen LogP contribution in [0.1, 0.15) is 17.3 Å². The summed E-state index contributed by atoms with van der Waals surface area (Å²) in [5.74, 6) is 0.391. The highest BCUT2D eigenvalue weighted by Crippen LogP contribution is 2.37. The van der Waals surface area contributed by atoms with Gasteiger partial charge in [0, 0.05) is 29.2 Å². The van der Waals surface area contributed by atoms with E-state index in [1.54, 1.807) is 14.2 Å². The van der Waals surface area contributed by atoms with E-state index in [4.69, 9.17) is 9.47 Å². The van der Waals surface area contributed by atoms with Gasteiger partial charge in [-0.05, 0) is 18.1 Å². The number of fused-ring (bicyclic) bond motifs is 3. The molecule has 3 N–H and O–H groups in total. The van der Waals surface area contributed by atoms with Crippen LogP contribution in [0.3, 0.4) is 0 Å². The van der Waals surface area contributed by atoms with Gasteiger partial charge in [0.05, 0.1) is 14.2 Å². The van der Waals surface area contributed by atoms with E-state index in [0.717, 1.165) is 22.9 Å². The third kappa shape index (κ3) is 1.80. The highest BCUT2D eigenvalue weighted by molar-refractivity contribution is 5.90. The van der Waals surface area contributed by atoms with Gasteiger partial charge in [0.1, 0.15) is 6.04 Å². The summed E-state index contributed by atoms with van der Waals surface area (Å²) in [6, 6.07) is 3.04. The van der Waals surface area contributed by atoms with Crippen molar-refractivity contribution in [1.29, 1.82) is 0 Å². The molecule has 0 spiro atoms. The van der Waals surface area contributed by atoms with Crippen LogP contribution in [0.4, 0.5) is 0 Å². The molecule has 1 aromatic carbocycles. The lowest BCUT2D eigenvalue weighted by Crippen LogP contribution is -2.34. The zero-order valence-electron chi connectivity index (χ0n) is 11.3. The standard InChI is InChI=1S/C14H16N2O4/c1-19-10-5-8-7-3-4-15-13(14(17)18)12(7)16-9(8)6-11(10)20-2/h5-6,13,15-16H,3-4H2,1-2H3,(H,17,18). The quantitative estimate of drug-likeness (QED) is 0.790. The molecule has 106 valence electrons. The van der Waals surface area contributed by atoms with E-state index >= 15 is 0 Å². The Morgan fingerprint density at radius 1 is 1.30 bits per heavy atom. The van der Waals surface area contributed by atoms with E-state index in [2.05, 4.69) is 10.3 Å². The summed E-state index contributed by atoms with van der Waals surface area (Å²) >= 11 is 0. The Bertz CT molecular complexity index is 677. The number of methoxy groups -OCH3 is 2. The van der Waals surface area contributed by atoms with Gasteiger partial charge in [0.15, 0.2) is 11.5 Å². The smallest absolute Gasteiger partial charge is 0.326 e. The molecule has 20 heavy (non-hydrogen) atoms. The van der Waals surface area contributed by atoms with Crippen LogP contribution in [0.5, 0.6) is 11.5 Å². The van der Waals surface area contributed by atoms with E-state index < -0.39 is 12.0 Å². The number of hydrogen-bond acceptors (Lipinski definition) is 4. The summed E-state index contributed by atoms with van der Waals surface area (Å²) in [6.07, 6.45) is 0.786. The second kappa shape index (κ2) is 4.72. The van der Waals surface area contributed by atoms with Crippen LogP contribution in [0, 0.1) is 0 Å². The number of hydrogen-bond donors (Lipinski definition) is 3. The van der Waals surface area contributed by atoms with Crippen LogP contribution >= 0.6 is 0 Å². The molecule has 0 amide bonds. The number of aliphatic carboxylic acids is 1. The highest BCUT2D eigenvalue weighted by atomic mass is 16.5. The molecule has 2 aromatic rings. The summed E-state index contributed by atoms with van der Waals surface area (Å²) < 4.78 is 10.6. The molecule has 1 aliphatic rings. The molecule has 0 aliphatic carbocycles. The summed E-state index contributed by atoms with van der Waals surface area (Å²) in [4.78, 5) is 14.5. The Labute approximate surface area is 115 Å². The zero-order valence-corrected chi connectivity index (χ0v) is 11.3. The summed E-state index contributed by atoms with van der Waals surface area (Å²) in [7, 11) is 3.17. The molecule has 2 heterocycles. The lowest BCUT2D eigenvalue weighted by atomic mass is 9.99. The predicted octanol–water partition coefficient (Wildman–Crippen LogP) is 1.46. The summed E-state index contributed by atoms with van der Waals surface area (Å²) in [6.45, 7) is 0.644. The molecule has 0 fully saturated rings. The maximum absolute atomic E-state index is 11.3. The van der Waals surface area contributed by atoms with Crippen LogP contribution < -0.4 is 14.8 Å². The second-order valence-corrected chi connectivity index (χ2v) is 4.75. The fourth-order valence-corrected chi connectivity index (χ4v) is 2.77. The molecule has 0 saturated carbocycles. The van der Waals surface area contributed by atoms with Gasteiger partial charge in [0.2, 0.25) is 0 Å². The van der Waals surface area contributed by atoms with Crippen molar-refractivity contribution < 1.29 is 19.4 Å². The molecule has 6 nitrogen and oxygen atoms in total. The molecule has 1 atom stereocenters. The first kappa shape index (κ1) is 12.8. The van der Waals surface area contributed by atoms with Crippen molar-refractivity contribution in [1.82, 2.24) is 10.3 Å².